The molecule has 1 aromatic carbocycles. The summed E-state index contributed by atoms with van der Waals surface area (Å²) in [5, 5.41) is 5.93. The van der Waals surface area contributed by atoms with Crippen LogP contribution in [-0.2, 0) is 24.2 Å². The summed E-state index contributed by atoms with van der Waals surface area (Å²) in [6, 6.07) is 6.00. The molecule has 0 radical (unpaired) electrons. The molecule has 8 heteroatoms. The predicted molar refractivity (Wildman–Crippen MR) is 98.6 cm³/mol. The molecule has 7 nitrogen and oxygen atoms in total. The molecule has 2 N–H and O–H groups in total. The Morgan fingerprint density at radius 3 is 2.46 bits per heavy atom. The molecule has 1 aliphatic rings. The second-order valence-corrected chi connectivity index (χ2v) is 8.95. The first-order valence-electron chi connectivity index (χ1n) is 8.58. The predicted octanol–water partition coefficient (Wildman–Crippen LogP) is 1.74. The number of hydrogen-bond acceptors (Lipinski definition) is 6. The minimum absolute atomic E-state index is 0.0534. The normalized spacial score (nSPS) is 23.3. The lowest BCUT2D eigenvalue weighted by Crippen LogP contribution is -2.55. The van der Waals surface area contributed by atoms with E-state index in [0.29, 0.717) is 5.69 Å². The molecule has 1 aromatic rings. The Hall–Kier alpha value is -1.93. The van der Waals surface area contributed by atoms with E-state index >= 15 is 0 Å². The molecule has 0 heterocycles. The lowest BCUT2D eigenvalue weighted by atomic mass is 9.74. The molecule has 0 bridgehead atoms. The summed E-state index contributed by atoms with van der Waals surface area (Å²) in [7, 11) is -1.89. The van der Waals surface area contributed by atoms with Crippen LogP contribution in [0.15, 0.2) is 29.2 Å². The van der Waals surface area contributed by atoms with E-state index in [1.807, 2.05) is 6.92 Å². The molecule has 144 valence electrons. The second-order valence-electron chi connectivity index (χ2n) is 6.94. The second kappa shape index (κ2) is 8.18. The number of carbonyl (C=O) groups is 2. The van der Waals surface area contributed by atoms with E-state index < -0.39 is 15.4 Å². The average molecular weight is 382 g/mol. The summed E-state index contributed by atoms with van der Waals surface area (Å²) in [5.41, 5.74) is 0.0329. The number of esters is 1. The van der Waals surface area contributed by atoms with Gasteiger partial charge in [0, 0.05) is 17.5 Å². The van der Waals surface area contributed by atoms with Crippen LogP contribution >= 0.6 is 0 Å². The van der Waals surface area contributed by atoms with Crippen LogP contribution in [0.25, 0.3) is 0 Å². The average Bonchev–Trinajstić information content (AvgIpc) is 2.59. The van der Waals surface area contributed by atoms with Gasteiger partial charge < -0.3 is 15.4 Å². The van der Waals surface area contributed by atoms with Gasteiger partial charge in [0.1, 0.15) is 0 Å². The van der Waals surface area contributed by atoms with E-state index in [-0.39, 0.29) is 29.2 Å². The number of sulfone groups is 1. The molecule has 1 amide bonds. The Morgan fingerprint density at radius 2 is 1.88 bits per heavy atom. The van der Waals surface area contributed by atoms with Crippen molar-refractivity contribution in [2.45, 2.75) is 43.0 Å². The fraction of sp³-hybridized carbons (Fsp3) is 0.556. The molecular weight excluding hydrogens is 356 g/mol. The molecule has 1 saturated carbocycles. The first kappa shape index (κ1) is 20.4. The topological polar surface area (TPSA) is 102 Å². The standard InChI is InChI=1S/C18H26N2O5S/c1-18(11-5-4-6-15(18)17(22)25-2)19-12-16(21)20-13-7-9-14(10-8-13)26(3,23)24/h7-10,15,19H,4-6,11-12H2,1-3H3,(H,20,21). The number of amides is 1. The summed E-state index contributed by atoms with van der Waals surface area (Å²) >= 11 is 0. The van der Waals surface area contributed by atoms with Gasteiger partial charge in [0.25, 0.3) is 0 Å². The van der Waals surface area contributed by atoms with E-state index in [2.05, 4.69) is 10.6 Å². The van der Waals surface area contributed by atoms with Crippen LogP contribution in [0.1, 0.15) is 32.6 Å². The monoisotopic (exact) mass is 382 g/mol. The van der Waals surface area contributed by atoms with Crippen LogP contribution < -0.4 is 10.6 Å². The first-order valence-corrected chi connectivity index (χ1v) is 10.5. The van der Waals surface area contributed by atoms with Gasteiger partial charge in [-0.2, -0.15) is 0 Å². The minimum Gasteiger partial charge on any atom is -0.469 e. The van der Waals surface area contributed by atoms with Crippen LogP contribution in [0.4, 0.5) is 5.69 Å². The molecular formula is C18H26N2O5S. The van der Waals surface area contributed by atoms with Gasteiger partial charge in [-0.25, -0.2) is 8.42 Å². The van der Waals surface area contributed by atoms with Crippen LogP contribution in [0.2, 0.25) is 0 Å². The zero-order valence-corrected chi connectivity index (χ0v) is 16.2. The number of nitrogens with one attached hydrogen (secondary N) is 2. The number of rotatable bonds is 6. The molecule has 2 rings (SSSR count). The Kier molecular flexibility index (Phi) is 6.41. The Bertz CT molecular complexity index is 760. The van der Waals surface area contributed by atoms with Crippen molar-refractivity contribution in [1.82, 2.24) is 5.32 Å². The Labute approximate surface area is 154 Å². The van der Waals surface area contributed by atoms with E-state index in [1.165, 1.54) is 19.2 Å². The van der Waals surface area contributed by atoms with Gasteiger partial charge in [-0.15, -0.1) is 0 Å². The number of hydrogen-bond donors (Lipinski definition) is 2. The number of carbonyl (C=O) groups excluding carboxylic acids is 2. The molecule has 1 fully saturated rings. The third kappa shape index (κ3) is 5.04. The van der Waals surface area contributed by atoms with Crippen molar-refractivity contribution in [2.75, 3.05) is 25.2 Å². The van der Waals surface area contributed by atoms with Gasteiger partial charge in [0.2, 0.25) is 5.91 Å². The number of anilines is 1. The lowest BCUT2D eigenvalue weighted by Gasteiger charge is -2.40. The van der Waals surface area contributed by atoms with Gasteiger partial charge in [-0.1, -0.05) is 12.8 Å². The summed E-state index contributed by atoms with van der Waals surface area (Å²) in [4.78, 5) is 24.4. The zero-order chi connectivity index (χ0) is 19.4. The first-order chi connectivity index (χ1) is 12.2. The van der Waals surface area contributed by atoms with Crippen LogP contribution in [-0.4, -0.2) is 45.7 Å². The summed E-state index contributed by atoms with van der Waals surface area (Å²) < 4.78 is 27.8. The smallest absolute Gasteiger partial charge is 0.310 e. The fourth-order valence-electron chi connectivity index (χ4n) is 3.34. The molecule has 0 saturated heterocycles. The van der Waals surface area contributed by atoms with Gasteiger partial charge in [-0.05, 0) is 44.0 Å². The van der Waals surface area contributed by atoms with Gasteiger partial charge in [-0.3, -0.25) is 9.59 Å². The molecule has 0 spiro atoms. The van der Waals surface area contributed by atoms with Crippen molar-refractivity contribution in [3.8, 4) is 0 Å². The van der Waals surface area contributed by atoms with Crippen LogP contribution in [0.5, 0.6) is 0 Å². The third-order valence-electron chi connectivity index (χ3n) is 4.91. The van der Waals surface area contributed by atoms with Gasteiger partial charge in [0.15, 0.2) is 9.84 Å². The van der Waals surface area contributed by atoms with Gasteiger partial charge in [0.05, 0.1) is 24.5 Å². The number of ether oxygens (including phenoxy) is 1. The highest BCUT2D eigenvalue weighted by Crippen LogP contribution is 2.34. The highest BCUT2D eigenvalue weighted by molar-refractivity contribution is 7.90. The molecule has 2 atom stereocenters. The summed E-state index contributed by atoms with van der Waals surface area (Å²) in [6.45, 7) is 2.00. The maximum absolute atomic E-state index is 12.2. The molecule has 0 aliphatic heterocycles. The summed E-state index contributed by atoms with van der Waals surface area (Å²) in [5.74, 6) is -0.785. The van der Waals surface area contributed by atoms with Crippen molar-refractivity contribution in [3.63, 3.8) is 0 Å². The Balaban J connectivity index is 1.96. The fourth-order valence-corrected chi connectivity index (χ4v) is 3.97. The molecule has 0 aromatic heterocycles. The number of benzene rings is 1. The van der Waals surface area contributed by atoms with E-state index in [9.17, 15) is 18.0 Å². The van der Waals surface area contributed by atoms with E-state index in [4.69, 9.17) is 4.74 Å². The van der Waals surface area contributed by atoms with Crippen LogP contribution in [0, 0.1) is 5.92 Å². The lowest BCUT2D eigenvalue weighted by molar-refractivity contribution is -0.150. The highest BCUT2D eigenvalue weighted by Gasteiger charge is 2.41. The van der Waals surface area contributed by atoms with E-state index in [1.54, 1.807) is 12.1 Å². The zero-order valence-electron chi connectivity index (χ0n) is 15.4. The van der Waals surface area contributed by atoms with E-state index in [0.717, 1.165) is 31.9 Å². The SMILES string of the molecule is COC(=O)C1CCCCC1(C)NCC(=O)Nc1ccc(S(C)(=O)=O)cc1. The summed E-state index contributed by atoms with van der Waals surface area (Å²) in [6.07, 6.45) is 4.63. The maximum atomic E-state index is 12.2. The van der Waals surface area contributed by atoms with Crippen LogP contribution in [0.3, 0.4) is 0 Å². The largest absolute Gasteiger partial charge is 0.469 e. The van der Waals surface area contributed by atoms with Crippen molar-refractivity contribution in [3.05, 3.63) is 24.3 Å². The molecule has 2 unspecified atom stereocenters. The highest BCUT2D eigenvalue weighted by atomic mass is 32.2. The molecule has 1 aliphatic carbocycles. The van der Waals surface area contributed by atoms with Crippen molar-refractivity contribution in [1.29, 1.82) is 0 Å². The minimum atomic E-state index is -3.27. The van der Waals surface area contributed by atoms with Crippen molar-refractivity contribution < 1.29 is 22.7 Å². The third-order valence-corrected chi connectivity index (χ3v) is 6.04. The van der Waals surface area contributed by atoms with Crippen molar-refractivity contribution in [2.24, 2.45) is 5.92 Å². The quantitative estimate of drug-likeness (QED) is 0.727. The Morgan fingerprint density at radius 1 is 1.23 bits per heavy atom. The maximum Gasteiger partial charge on any atom is 0.310 e. The number of methoxy groups -OCH3 is 1. The molecule has 26 heavy (non-hydrogen) atoms. The van der Waals surface area contributed by atoms with Gasteiger partial charge >= 0.3 is 5.97 Å². The van der Waals surface area contributed by atoms with Crippen molar-refractivity contribution >= 4 is 27.4 Å².